The quantitative estimate of drug-likeness (QED) is 0.328. The predicted octanol–water partition coefficient (Wildman–Crippen LogP) is 6.37. The fraction of sp³-hybridized carbons (Fsp3) is 0.240. The monoisotopic (exact) mass is 484 g/mol. The van der Waals surface area contributed by atoms with Crippen molar-refractivity contribution in [3.05, 3.63) is 93.2 Å². The van der Waals surface area contributed by atoms with E-state index >= 15 is 0 Å². The summed E-state index contributed by atoms with van der Waals surface area (Å²) >= 11 is 18.8. The van der Waals surface area contributed by atoms with E-state index < -0.39 is 0 Å². The lowest BCUT2D eigenvalue weighted by Crippen LogP contribution is -2.46. The number of aromatic nitrogens is 2. The van der Waals surface area contributed by atoms with Crippen LogP contribution in [0.4, 0.5) is 5.69 Å². The number of anilines is 1. The summed E-state index contributed by atoms with van der Waals surface area (Å²) in [5.41, 5.74) is 4.37. The lowest BCUT2D eigenvalue weighted by molar-refractivity contribution is 0.241. The highest BCUT2D eigenvalue weighted by atomic mass is 35.5. The number of hydrogen-bond acceptors (Lipinski definition) is 3. The van der Waals surface area contributed by atoms with Crippen LogP contribution in [0, 0.1) is 0 Å². The van der Waals surface area contributed by atoms with Crippen molar-refractivity contribution in [3.63, 3.8) is 0 Å². The van der Waals surface area contributed by atoms with Gasteiger partial charge < -0.3 is 9.47 Å². The summed E-state index contributed by atoms with van der Waals surface area (Å²) < 4.78 is 2.29. The Bertz CT molecular complexity index is 1250. The number of nitrogens with zero attached hydrogens (tertiary/aromatic N) is 4. The van der Waals surface area contributed by atoms with Crippen LogP contribution in [-0.4, -0.2) is 40.6 Å². The standard InChI is InChI=1S/C25H23Cl3N4/c26-20-6-2-1-5-18(20)16-32-24-8-4-3-7-23(24)29-25(32)17-30-11-13-31(14-12-30)19-9-10-21(27)22(28)15-19/h1-10,15H,11-14,16-17H2. The molecule has 0 bridgehead atoms. The summed E-state index contributed by atoms with van der Waals surface area (Å²) in [7, 11) is 0. The molecule has 7 heteroatoms. The van der Waals surface area contributed by atoms with Gasteiger partial charge in [-0.1, -0.05) is 65.1 Å². The number of rotatable bonds is 5. The normalized spacial score (nSPS) is 14.9. The average Bonchev–Trinajstić information content (AvgIpc) is 3.14. The van der Waals surface area contributed by atoms with Crippen molar-refractivity contribution in [2.45, 2.75) is 13.1 Å². The Balaban J connectivity index is 1.34. The zero-order valence-electron chi connectivity index (χ0n) is 17.5. The van der Waals surface area contributed by atoms with Gasteiger partial charge in [-0.3, -0.25) is 4.90 Å². The molecule has 3 aromatic carbocycles. The number of halogens is 3. The van der Waals surface area contributed by atoms with Gasteiger partial charge in [0.05, 0.1) is 34.2 Å². The van der Waals surface area contributed by atoms with E-state index in [1.807, 2.05) is 42.5 Å². The molecule has 4 aromatic rings. The zero-order valence-corrected chi connectivity index (χ0v) is 19.8. The topological polar surface area (TPSA) is 24.3 Å². The molecule has 1 saturated heterocycles. The molecular weight excluding hydrogens is 463 g/mol. The minimum atomic E-state index is 0.589. The number of fused-ring (bicyclic) bond motifs is 1. The van der Waals surface area contributed by atoms with Crippen molar-refractivity contribution in [1.29, 1.82) is 0 Å². The summed E-state index contributed by atoms with van der Waals surface area (Å²) in [5, 5.41) is 1.97. The SMILES string of the molecule is Clc1ccc(N2CCN(Cc3nc4ccccc4n3Cc3ccccc3Cl)CC2)cc1Cl. The highest BCUT2D eigenvalue weighted by Crippen LogP contribution is 2.28. The maximum atomic E-state index is 6.46. The molecule has 0 unspecified atom stereocenters. The van der Waals surface area contributed by atoms with Gasteiger partial charge in [-0.25, -0.2) is 4.98 Å². The molecule has 1 aliphatic rings. The molecule has 1 fully saturated rings. The molecule has 0 spiro atoms. The number of para-hydroxylation sites is 2. The van der Waals surface area contributed by atoms with Gasteiger partial charge >= 0.3 is 0 Å². The van der Waals surface area contributed by atoms with Crippen molar-refractivity contribution in [2.24, 2.45) is 0 Å². The van der Waals surface area contributed by atoms with Gasteiger partial charge in [0.25, 0.3) is 0 Å². The van der Waals surface area contributed by atoms with Gasteiger partial charge in [0, 0.05) is 36.9 Å². The predicted molar refractivity (Wildman–Crippen MR) is 134 cm³/mol. The first-order valence-electron chi connectivity index (χ1n) is 10.7. The van der Waals surface area contributed by atoms with Crippen molar-refractivity contribution < 1.29 is 0 Å². The fourth-order valence-electron chi connectivity index (χ4n) is 4.27. The van der Waals surface area contributed by atoms with Crippen molar-refractivity contribution in [1.82, 2.24) is 14.5 Å². The lowest BCUT2D eigenvalue weighted by Gasteiger charge is -2.36. The molecule has 32 heavy (non-hydrogen) atoms. The van der Waals surface area contributed by atoms with Gasteiger partial charge in [-0.05, 0) is 42.0 Å². The minimum Gasteiger partial charge on any atom is -0.369 e. The van der Waals surface area contributed by atoms with E-state index in [2.05, 4.69) is 38.6 Å². The number of imidazole rings is 1. The van der Waals surface area contributed by atoms with Crippen LogP contribution < -0.4 is 4.90 Å². The highest BCUT2D eigenvalue weighted by molar-refractivity contribution is 6.42. The molecule has 0 amide bonds. The third-order valence-electron chi connectivity index (χ3n) is 6.03. The highest BCUT2D eigenvalue weighted by Gasteiger charge is 2.21. The largest absolute Gasteiger partial charge is 0.369 e. The molecule has 0 atom stereocenters. The van der Waals surface area contributed by atoms with Crippen molar-refractivity contribution in [2.75, 3.05) is 31.1 Å². The van der Waals surface area contributed by atoms with E-state index in [1.165, 1.54) is 0 Å². The van der Waals surface area contributed by atoms with Crippen LogP contribution in [0.1, 0.15) is 11.4 Å². The van der Waals surface area contributed by atoms with Crippen LogP contribution in [0.3, 0.4) is 0 Å². The molecule has 0 saturated carbocycles. The summed E-state index contributed by atoms with van der Waals surface area (Å²) in [5.74, 6) is 1.06. The molecule has 0 aliphatic carbocycles. The summed E-state index contributed by atoms with van der Waals surface area (Å²) in [6.45, 7) is 5.28. The minimum absolute atomic E-state index is 0.589. The Morgan fingerprint density at radius 2 is 1.47 bits per heavy atom. The van der Waals surface area contributed by atoms with Gasteiger partial charge in [0.15, 0.2) is 0 Å². The Kier molecular flexibility index (Phi) is 6.29. The maximum Gasteiger partial charge on any atom is 0.124 e. The Hall–Kier alpha value is -2.24. The summed E-state index contributed by atoms with van der Waals surface area (Å²) in [4.78, 5) is 9.77. The maximum absolute atomic E-state index is 6.46. The third-order valence-corrected chi connectivity index (χ3v) is 7.13. The first-order chi connectivity index (χ1) is 15.6. The average molecular weight is 486 g/mol. The summed E-state index contributed by atoms with van der Waals surface area (Å²) in [6, 6.07) is 22.2. The molecule has 0 radical (unpaired) electrons. The molecule has 1 aromatic heterocycles. The second-order valence-electron chi connectivity index (χ2n) is 8.06. The van der Waals surface area contributed by atoms with Crippen LogP contribution in [0.2, 0.25) is 15.1 Å². The van der Waals surface area contributed by atoms with Crippen LogP contribution in [0.15, 0.2) is 66.7 Å². The smallest absolute Gasteiger partial charge is 0.124 e. The molecule has 164 valence electrons. The van der Waals surface area contributed by atoms with E-state index in [9.17, 15) is 0 Å². The van der Waals surface area contributed by atoms with Crippen molar-refractivity contribution in [3.8, 4) is 0 Å². The first-order valence-corrected chi connectivity index (χ1v) is 11.8. The number of hydrogen-bond donors (Lipinski definition) is 0. The third kappa shape index (κ3) is 4.46. The second-order valence-corrected chi connectivity index (χ2v) is 9.28. The van der Waals surface area contributed by atoms with E-state index in [4.69, 9.17) is 39.8 Å². The van der Waals surface area contributed by atoms with E-state index in [0.717, 1.165) is 65.9 Å². The molecule has 1 aliphatic heterocycles. The van der Waals surface area contributed by atoms with Gasteiger partial charge in [0.1, 0.15) is 5.82 Å². The van der Waals surface area contributed by atoms with Gasteiger partial charge in [-0.2, -0.15) is 0 Å². The van der Waals surface area contributed by atoms with Crippen LogP contribution >= 0.6 is 34.8 Å². The van der Waals surface area contributed by atoms with E-state index in [1.54, 1.807) is 0 Å². The lowest BCUT2D eigenvalue weighted by atomic mass is 10.2. The van der Waals surface area contributed by atoms with Crippen LogP contribution in [-0.2, 0) is 13.1 Å². The van der Waals surface area contributed by atoms with E-state index in [0.29, 0.717) is 16.6 Å². The second kappa shape index (κ2) is 9.32. The van der Waals surface area contributed by atoms with Gasteiger partial charge in [0.2, 0.25) is 0 Å². The summed E-state index contributed by atoms with van der Waals surface area (Å²) in [6.07, 6.45) is 0. The Labute approximate surface area is 202 Å². The number of piperazine rings is 1. The molecule has 0 N–H and O–H groups in total. The van der Waals surface area contributed by atoms with Crippen LogP contribution in [0.25, 0.3) is 11.0 Å². The zero-order chi connectivity index (χ0) is 22.1. The fourth-order valence-corrected chi connectivity index (χ4v) is 4.75. The first kappa shape index (κ1) is 21.6. The molecule has 5 rings (SSSR count). The van der Waals surface area contributed by atoms with Crippen LogP contribution in [0.5, 0.6) is 0 Å². The van der Waals surface area contributed by atoms with Gasteiger partial charge in [-0.15, -0.1) is 0 Å². The molecule has 4 nitrogen and oxygen atoms in total. The Morgan fingerprint density at radius 1 is 0.719 bits per heavy atom. The molecular formula is C25H23Cl3N4. The van der Waals surface area contributed by atoms with E-state index in [-0.39, 0.29) is 0 Å². The Morgan fingerprint density at radius 3 is 2.25 bits per heavy atom. The number of benzene rings is 3. The van der Waals surface area contributed by atoms with Crippen molar-refractivity contribution >= 4 is 51.5 Å². The molecule has 2 heterocycles.